The number of rotatable bonds is 5. The monoisotopic (exact) mass is 456 g/mol. The van der Waals surface area contributed by atoms with Gasteiger partial charge in [-0.15, -0.1) is 0 Å². The Labute approximate surface area is 188 Å². The van der Waals surface area contributed by atoms with E-state index < -0.39 is 11.7 Å². The topological polar surface area (TPSA) is 67.2 Å². The molecule has 7 nitrogen and oxygen atoms in total. The van der Waals surface area contributed by atoms with Crippen LogP contribution in [-0.2, 0) is 30.4 Å². The quantitative estimate of drug-likeness (QED) is 0.588. The summed E-state index contributed by atoms with van der Waals surface area (Å²) in [4.78, 5) is 25.4. The molecule has 0 saturated carbocycles. The van der Waals surface area contributed by atoms with Crippen LogP contribution in [0.25, 0.3) is 0 Å². The Morgan fingerprint density at radius 1 is 1.15 bits per heavy atom. The molecule has 0 spiro atoms. The second-order valence-electron chi connectivity index (χ2n) is 8.49. The highest BCUT2D eigenvalue weighted by Gasteiger charge is 2.40. The maximum atomic E-state index is 12.9. The van der Waals surface area contributed by atoms with Gasteiger partial charge >= 0.3 is 6.18 Å². The number of aryl methyl sites for hydroxylation is 2. The number of carbonyl (C=O) groups is 1. The molecule has 1 fully saturated rings. The Morgan fingerprint density at radius 3 is 2.82 bits per heavy atom. The van der Waals surface area contributed by atoms with E-state index in [0.717, 1.165) is 48.6 Å². The summed E-state index contributed by atoms with van der Waals surface area (Å²) in [5, 5.41) is 4.29. The molecule has 1 saturated heterocycles. The molecule has 1 unspecified atom stereocenters. The Kier molecular flexibility index (Phi) is 5.30. The van der Waals surface area contributed by atoms with Crippen molar-refractivity contribution in [3.63, 3.8) is 0 Å². The minimum Gasteiger partial charge on any atom is -0.343 e. The number of carbonyl (C=O) groups excluding carboxylic acids is 1. The van der Waals surface area contributed by atoms with E-state index in [4.69, 9.17) is 4.98 Å². The van der Waals surface area contributed by atoms with Crippen LogP contribution in [0.2, 0.25) is 0 Å². The molecule has 1 aromatic carbocycles. The molecule has 1 amide bonds. The number of fused-ring (bicyclic) bond motifs is 3. The SMILES string of the molecule is CN1C(=O)C2CCCN2c2nc(CCc3cnn(Cc4cccc(C(F)(F)F)c4)c3)ncc21. The molecule has 0 aliphatic carbocycles. The summed E-state index contributed by atoms with van der Waals surface area (Å²) in [5.41, 5.74) is 1.56. The molecule has 33 heavy (non-hydrogen) atoms. The highest BCUT2D eigenvalue weighted by Crippen LogP contribution is 2.37. The molecule has 0 N–H and O–H groups in total. The van der Waals surface area contributed by atoms with Gasteiger partial charge in [0.1, 0.15) is 17.6 Å². The number of amides is 1. The van der Waals surface area contributed by atoms with Crippen LogP contribution in [0.5, 0.6) is 0 Å². The lowest BCUT2D eigenvalue weighted by atomic mass is 10.1. The van der Waals surface area contributed by atoms with Crippen molar-refractivity contribution in [1.29, 1.82) is 0 Å². The van der Waals surface area contributed by atoms with Crippen molar-refractivity contribution in [2.75, 3.05) is 23.4 Å². The van der Waals surface area contributed by atoms with Crippen molar-refractivity contribution in [1.82, 2.24) is 19.7 Å². The van der Waals surface area contributed by atoms with Gasteiger partial charge in [0, 0.05) is 26.2 Å². The van der Waals surface area contributed by atoms with Gasteiger partial charge in [0.15, 0.2) is 5.82 Å². The fraction of sp³-hybridized carbons (Fsp3) is 0.391. The van der Waals surface area contributed by atoms with Crippen molar-refractivity contribution in [3.8, 4) is 0 Å². The van der Waals surface area contributed by atoms with E-state index in [9.17, 15) is 18.0 Å². The zero-order valence-electron chi connectivity index (χ0n) is 18.1. The Morgan fingerprint density at radius 2 is 2.00 bits per heavy atom. The van der Waals surface area contributed by atoms with E-state index in [0.29, 0.717) is 24.2 Å². The van der Waals surface area contributed by atoms with Crippen molar-refractivity contribution in [2.24, 2.45) is 0 Å². The van der Waals surface area contributed by atoms with E-state index in [1.807, 2.05) is 6.20 Å². The van der Waals surface area contributed by atoms with Gasteiger partial charge in [-0.2, -0.15) is 18.3 Å². The minimum absolute atomic E-state index is 0.0875. The summed E-state index contributed by atoms with van der Waals surface area (Å²) in [6.07, 6.45) is 3.95. The summed E-state index contributed by atoms with van der Waals surface area (Å²) >= 11 is 0. The third-order valence-corrected chi connectivity index (χ3v) is 6.22. The van der Waals surface area contributed by atoms with Crippen molar-refractivity contribution < 1.29 is 18.0 Å². The van der Waals surface area contributed by atoms with Gasteiger partial charge in [-0.1, -0.05) is 12.1 Å². The number of likely N-dealkylation sites (N-methyl/N-ethyl adjacent to an activating group) is 1. The molecule has 0 radical (unpaired) electrons. The van der Waals surface area contributed by atoms with Gasteiger partial charge in [0.25, 0.3) is 0 Å². The van der Waals surface area contributed by atoms with Gasteiger partial charge in [-0.05, 0) is 42.5 Å². The maximum Gasteiger partial charge on any atom is 0.416 e. The number of aromatic nitrogens is 4. The summed E-state index contributed by atoms with van der Waals surface area (Å²) in [6.45, 7) is 1.08. The number of benzene rings is 1. The van der Waals surface area contributed by atoms with Gasteiger partial charge < -0.3 is 9.80 Å². The molecule has 172 valence electrons. The number of nitrogens with zero attached hydrogens (tertiary/aromatic N) is 6. The average Bonchev–Trinajstić information content (AvgIpc) is 3.45. The normalized spacial score (nSPS) is 17.9. The van der Waals surface area contributed by atoms with Crippen LogP contribution in [0.15, 0.2) is 42.9 Å². The molecule has 2 aliphatic heterocycles. The molecule has 1 atom stereocenters. The molecule has 10 heteroatoms. The number of hydrogen-bond donors (Lipinski definition) is 0. The van der Waals surface area contributed by atoms with Crippen LogP contribution >= 0.6 is 0 Å². The lowest BCUT2D eigenvalue weighted by molar-refractivity contribution is -0.137. The van der Waals surface area contributed by atoms with Crippen molar-refractivity contribution >= 4 is 17.4 Å². The lowest BCUT2D eigenvalue weighted by Gasteiger charge is -2.36. The first-order chi connectivity index (χ1) is 15.8. The second kappa shape index (κ2) is 8.17. The van der Waals surface area contributed by atoms with Gasteiger partial charge in [0.05, 0.1) is 24.5 Å². The first-order valence-electron chi connectivity index (χ1n) is 10.9. The van der Waals surface area contributed by atoms with Gasteiger partial charge in [-0.25, -0.2) is 9.97 Å². The van der Waals surface area contributed by atoms with Crippen LogP contribution in [-0.4, -0.2) is 45.3 Å². The fourth-order valence-corrected chi connectivity index (χ4v) is 4.50. The summed E-state index contributed by atoms with van der Waals surface area (Å²) in [7, 11) is 1.76. The molecule has 3 aromatic rings. The first kappa shape index (κ1) is 21.4. The molecule has 4 heterocycles. The standard InChI is InChI=1S/C23H23F3N6O/c1-30-19-12-27-20(29-21(19)32-9-3-6-18(32)22(30)33)8-7-16-11-28-31(14-16)13-15-4-2-5-17(10-15)23(24,25)26/h2,4-5,10-12,14,18H,3,6-9,13H2,1H3. The smallest absolute Gasteiger partial charge is 0.343 e. The van der Waals surface area contributed by atoms with Gasteiger partial charge in [0.2, 0.25) is 5.91 Å². The molecule has 2 aromatic heterocycles. The summed E-state index contributed by atoms with van der Waals surface area (Å²) in [6, 6.07) is 5.14. The summed E-state index contributed by atoms with van der Waals surface area (Å²) < 4.78 is 40.4. The highest BCUT2D eigenvalue weighted by molar-refractivity contribution is 6.04. The van der Waals surface area contributed by atoms with Crippen LogP contribution < -0.4 is 9.80 Å². The molecule has 2 aliphatic rings. The van der Waals surface area contributed by atoms with Crippen LogP contribution in [0.1, 0.15) is 35.4 Å². The zero-order valence-corrected chi connectivity index (χ0v) is 18.1. The minimum atomic E-state index is -4.36. The first-order valence-corrected chi connectivity index (χ1v) is 10.9. The Balaban J connectivity index is 1.26. The zero-order chi connectivity index (χ0) is 23.2. The third kappa shape index (κ3) is 4.17. The van der Waals surface area contributed by atoms with E-state index in [2.05, 4.69) is 15.0 Å². The largest absolute Gasteiger partial charge is 0.416 e. The predicted molar refractivity (Wildman–Crippen MR) is 116 cm³/mol. The van der Waals surface area contributed by atoms with Gasteiger partial charge in [-0.3, -0.25) is 9.48 Å². The van der Waals surface area contributed by atoms with Crippen LogP contribution in [0.3, 0.4) is 0 Å². The molecular formula is C23H23F3N6O. The van der Waals surface area contributed by atoms with Crippen molar-refractivity contribution in [3.05, 3.63) is 65.4 Å². The Hall–Kier alpha value is -3.43. The van der Waals surface area contributed by atoms with E-state index in [1.165, 1.54) is 6.07 Å². The van der Waals surface area contributed by atoms with Crippen LogP contribution in [0.4, 0.5) is 24.7 Å². The number of anilines is 2. The highest BCUT2D eigenvalue weighted by atomic mass is 19.4. The number of halogens is 3. The summed E-state index contributed by atoms with van der Waals surface area (Å²) in [5.74, 6) is 1.59. The maximum absolute atomic E-state index is 12.9. The predicted octanol–water partition coefficient (Wildman–Crippen LogP) is 3.47. The average molecular weight is 456 g/mol. The number of hydrogen-bond acceptors (Lipinski definition) is 5. The second-order valence-corrected chi connectivity index (χ2v) is 8.49. The van der Waals surface area contributed by atoms with E-state index in [1.54, 1.807) is 35.1 Å². The lowest BCUT2D eigenvalue weighted by Crippen LogP contribution is -2.49. The van der Waals surface area contributed by atoms with E-state index >= 15 is 0 Å². The van der Waals surface area contributed by atoms with Crippen LogP contribution in [0, 0.1) is 0 Å². The Bertz CT molecular complexity index is 1190. The van der Waals surface area contributed by atoms with Crippen molar-refractivity contribution in [2.45, 2.75) is 44.4 Å². The van der Waals surface area contributed by atoms with E-state index in [-0.39, 0.29) is 18.5 Å². The molecular weight excluding hydrogens is 433 g/mol. The fourth-order valence-electron chi connectivity index (χ4n) is 4.50. The number of alkyl halides is 3. The molecule has 5 rings (SSSR count). The third-order valence-electron chi connectivity index (χ3n) is 6.22. The molecule has 0 bridgehead atoms.